The predicted octanol–water partition coefficient (Wildman–Crippen LogP) is 5.51. The molecular weight excluding hydrogens is 721 g/mol. The lowest BCUT2D eigenvalue weighted by atomic mass is 9.55. The van der Waals surface area contributed by atoms with Crippen LogP contribution in [0.3, 0.4) is 0 Å². The van der Waals surface area contributed by atoms with Crippen molar-refractivity contribution in [2.75, 3.05) is 60.2 Å². The summed E-state index contributed by atoms with van der Waals surface area (Å²) in [6, 6.07) is 13.8. The maximum Gasteiger partial charge on any atom is 0.245 e. The fraction of sp³-hybridized carbons (Fsp3) is 0.524. The summed E-state index contributed by atoms with van der Waals surface area (Å²) in [7, 11) is -1.11. The summed E-state index contributed by atoms with van der Waals surface area (Å²) >= 11 is 0. The third-order valence-corrected chi connectivity index (χ3v) is 13.7. The summed E-state index contributed by atoms with van der Waals surface area (Å²) in [6.07, 6.45) is 10.3. The molecule has 0 amide bonds. The third-order valence-electron chi connectivity index (χ3n) is 11.8. The number of fused-ring (bicyclic) bond motifs is 3. The van der Waals surface area contributed by atoms with Crippen molar-refractivity contribution in [1.29, 1.82) is 0 Å². The Labute approximate surface area is 324 Å². The second-order valence-electron chi connectivity index (χ2n) is 15.0. The van der Waals surface area contributed by atoms with Gasteiger partial charge in [0.2, 0.25) is 15.8 Å². The molecule has 296 valence electrons. The molecule has 3 heterocycles. The number of aromatic nitrogens is 1. The summed E-state index contributed by atoms with van der Waals surface area (Å²) in [4.78, 5) is 12.4. The number of hydrogen-bond donors (Lipinski definition) is 2. The zero-order valence-corrected chi connectivity index (χ0v) is 32.7. The molecule has 2 aliphatic carbocycles. The second kappa shape index (κ2) is 17.1. The van der Waals surface area contributed by atoms with Crippen LogP contribution >= 0.6 is 0 Å². The van der Waals surface area contributed by atoms with E-state index >= 15 is 0 Å². The van der Waals surface area contributed by atoms with E-state index in [-0.39, 0.29) is 48.9 Å². The van der Waals surface area contributed by atoms with Crippen LogP contribution < -0.4 is 9.47 Å². The fourth-order valence-electron chi connectivity index (χ4n) is 9.10. The number of aliphatic hydroxyl groups excluding tert-OH is 2. The van der Waals surface area contributed by atoms with Gasteiger partial charge in [-0.2, -0.15) is 4.31 Å². The second-order valence-corrected chi connectivity index (χ2v) is 17.0. The monoisotopic (exact) mass is 774 g/mol. The molecule has 2 aromatic carbocycles. The standard InChI is InChI=1S/C42H54N4O8S/c1-4-24-53-42-38(45(2)55(49,50)37-15-9-12-29-13-10-18-43-41(29)37)28-35(44-51-3)33-26-30(11-5-7-22-47)32(14-6-8-23-48)39(40(33)42)34-27-31(16-17-36(34)54-42)52-25-21-46-19-20-46/h4,9-10,12-13,15-18,26-27,30,32,38-40,47-48H,1,5-8,11,14,19-25,28H2,2-3H3. The van der Waals surface area contributed by atoms with Crippen molar-refractivity contribution >= 4 is 26.6 Å². The van der Waals surface area contributed by atoms with E-state index in [0.717, 1.165) is 62.2 Å². The Morgan fingerprint density at radius 1 is 1.09 bits per heavy atom. The molecule has 1 aromatic heterocycles. The Morgan fingerprint density at radius 2 is 1.87 bits per heavy atom. The minimum atomic E-state index is -4.20. The van der Waals surface area contributed by atoms with E-state index in [9.17, 15) is 18.6 Å². The average Bonchev–Trinajstić information content (AvgIpc) is 4.03. The van der Waals surface area contributed by atoms with Gasteiger partial charge in [-0.3, -0.25) is 9.88 Å². The number of ether oxygens (including phenoxy) is 3. The highest BCUT2D eigenvalue weighted by molar-refractivity contribution is 7.89. The molecule has 55 heavy (non-hydrogen) atoms. The van der Waals surface area contributed by atoms with E-state index in [0.29, 0.717) is 41.8 Å². The number of aliphatic hydroxyl groups is 2. The Balaban J connectivity index is 1.42. The van der Waals surface area contributed by atoms with Crippen LogP contribution in [-0.2, 0) is 19.6 Å². The zero-order valence-electron chi connectivity index (χ0n) is 31.9. The Hall–Kier alpha value is -3.85. The Morgan fingerprint density at radius 3 is 2.62 bits per heavy atom. The number of likely N-dealkylation sites (N-methyl/N-ethyl adjacent to an activating group) is 1. The summed E-state index contributed by atoms with van der Waals surface area (Å²) in [6.45, 7) is 7.89. The minimum Gasteiger partial charge on any atom is -0.492 e. The van der Waals surface area contributed by atoms with Gasteiger partial charge in [0.05, 0.1) is 29.8 Å². The molecule has 7 rings (SSSR count). The molecule has 0 bridgehead atoms. The van der Waals surface area contributed by atoms with Crippen LogP contribution in [0.25, 0.3) is 10.9 Å². The Kier molecular flexibility index (Phi) is 12.3. The summed E-state index contributed by atoms with van der Waals surface area (Å²) in [5.41, 5.74) is 2.90. The van der Waals surface area contributed by atoms with Gasteiger partial charge in [0.25, 0.3) is 0 Å². The number of allylic oxidation sites excluding steroid dienone is 1. The highest BCUT2D eigenvalue weighted by atomic mass is 32.2. The van der Waals surface area contributed by atoms with E-state index in [2.05, 4.69) is 33.8 Å². The smallest absolute Gasteiger partial charge is 0.245 e. The average molecular weight is 775 g/mol. The van der Waals surface area contributed by atoms with Gasteiger partial charge in [-0.05, 0) is 73.4 Å². The van der Waals surface area contributed by atoms with Crippen molar-refractivity contribution in [3.8, 4) is 11.5 Å². The number of pyridine rings is 1. The van der Waals surface area contributed by atoms with Gasteiger partial charge in [0, 0.05) is 69.4 Å². The summed E-state index contributed by atoms with van der Waals surface area (Å²) in [5, 5.41) is 24.9. The van der Waals surface area contributed by atoms with Crippen molar-refractivity contribution in [3.05, 3.63) is 84.6 Å². The molecular formula is C42H54N4O8S. The van der Waals surface area contributed by atoms with Gasteiger partial charge in [0.1, 0.15) is 30.1 Å². The van der Waals surface area contributed by atoms with Gasteiger partial charge < -0.3 is 29.3 Å². The molecule has 1 saturated heterocycles. The molecule has 0 spiro atoms. The molecule has 4 aliphatic rings. The number of para-hydroxylation sites is 1. The van der Waals surface area contributed by atoms with Gasteiger partial charge in [-0.15, -0.1) is 6.58 Å². The van der Waals surface area contributed by atoms with E-state index in [1.165, 1.54) is 11.4 Å². The Bertz CT molecular complexity index is 2000. The quantitative estimate of drug-likeness (QED) is 0.0693. The number of unbranched alkanes of at least 4 members (excludes halogenated alkanes) is 2. The number of rotatable bonds is 19. The van der Waals surface area contributed by atoms with Crippen LogP contribution in [0.15, 0.2) is 89.1 Å². The molecule has 1 saturated carbocycles. The minimum absolute atomic E-state index is 0.0629. The number of hydrogen-bond acceptors (Lipinski definition) is 11. The van der Waals surface area contributed by atoms with E-state index in [1.54, 1.807) is 37.5 Å². The highest BCUT2D eigenvalue weighted by Gasteiger charge is 2.65. The van der Waals surface area contributed by atoms with Crippen molar-refractivity contribution in [1.82, 2.24) is 14.2 Å². The lowest BCUT2D eigenvalue weighted by Gasteiger charge is -2.59. The number of benzene rings is 2. The van der Waals surface area contributed by atoms with Crippen LogP contribution in [0.1, 0.15) is 56.4 Å². The fourth-order valence-corrected chi connectivity index (χ4v) is 10.6. The lowest BCUT2D eigenvalue weighted by molar-refractivity contribution is -0.250. The van der Waals surface area contributed by atoms with E-state index in [4.69, 9.17) is 19.0 Å². The van der Waals surface area contributed by atoms with Gasteiger partial charge in [0.15, 0.2) is 0 Å². The van der Waals surface area contributed by atoms with Crippen LogP contribution in [-0.4, -0.2) is 111 Å². The first kappa shape index (κ1) is 39.4. The number of sulfonamides is 1. The maximum absolute atomic E-state index is 14.9. The third kappa shape index (κ3) is 7.79. The van der Waals surface area contributed by atoms with Crippen molar-refractivity contribution in [2.45, 2.75) is 67.6 Å². The maximum atomic E-state index is 14.9. The zero-order chi connectivity index (χ0) is 38.6. The molecule has 6 atom stereocenters. The highest BCUT2D eigenvalue weighted by Crippen LogP contribution is 2.62. The molecule has 2 aliphatic heterocycles. The summed E-state index contributed by atoms with van der Waals surface area (Å²) in [5.74, 6) is -0.698. The van der Waals surface area contributed by atoms with Crippen LogP contribution in [0, 0.1) is 17.8 Å². The van der Waals surface area contributed by atoms with Crippen molar-refractivity contribution in [3.63, 3.8) is 0 Å². The SMILES string of the molecule is C=CCOC12Oc3ccc(OCCN4CC4)cc3C3C(CCCCO)C(CCCCO)C=C(C(=NOC)CC1N(C)S(=O)(=O)c1cccc4cccnc14)C32. The topological polar surface area (TPSA) is 143 Å². The molecule has 3 aromatic rings. The van der Waals surface area contributed by atoms with Gasteiger partial charge in [-0.25, -0.2) is 8.42 Å². The van der Waals surface area contributed by atoms with Gasteiger partial charge >= 0.3 is 0 Å². The molecule has 12 nitrogen and oxygen atoms in total. The first-order valence-electron chi connectivity index (χ1n) is 19.6. The molecule has 0 radical (unpaired) electrons. The largest absolute Gasteiger partial charge is 0.492 e. The molecule has 2 fully saturated rings. The van der Waals surface area contributed by atoms with Crippen molar-refractivity contribution < 1.29 is 37.7 Å². The van der Waals surface area contributed by atoms with Crippen LogP contribution in [0.4, 0.5) is 0 Å². The predicted molar refractivity (Wildman–Crippen MR) is 211 cm³/mol. The van der Waals surface area contributed by atoms with Crippen molar-refractivity contribution in [2.24, 2.45) is 22.9 Å². The first-order valence-corrected chi connectivity index (χ1v) is 21.0. The van der Waals surface area contributed by atoms with E-state index < -0.39 is 27.8 Å². The molecule has 6 unspecified atom stereocenters. The van der Waals surface area contributed by atoms with Crippen LogP contribution in [0.2, 0.25) is 0 Å². The number of oxime groups is 1. The van der Waals surface area contributed by atoms with Gasteiger partial charge in [-0.1, -0.05) is 48.3 Å². The normalized spacial score (nSPS) is 26.6. The lowest BCUT2D eigenvalue weighted by Crippen LogP contribution is -2.69. The summed E-state index contributed by atoms with van der Waals surface area (Å²) < 4.78 is 51.7. The van der Waals surface area contributed by atoms with Crippen LogP contribution in [0.5, 0.6) is 11.5 Å². The molecule has 2 N–H and O–H groups in total. The first-order chi connectivity index (χ1) is 26.8. The number of nitrogens with zero attached hydrogens (tertiary/aromatic N) is 4. The van der Waals surface area contributed by atoms with E-state index in [1.807, 2.05) is 24.3 Å². The molecule has 13 heteroatoms.